The van der Waals surface area contributed by atoms with Crippen molar-refractivity contribution in [1.29, 1.82) is 0 Å². The number of para-hydroxylation sites is 1. The Morgan fingerprint density at radius 2 is 2.22 bits per heavy atom. The molecule has 2 aliphatic heterocycles. The number of hydrogen-bond acceptors (Lipinski definition) is 4. The first-order valence-corrected chi connectivity index (χ1v) is 8.22. The van der Waals surface area contributed by atoms with Crippen LogP contribution in [0.2, 0.25) is 0 Å². The van der Waals surface area contributed by atoms with E-state index in [1.165, 1.54) is 0 Å². The fourth-order valence-corrected chi connectivity index (χ4v) is 3.62. The maximum absolute atomic E-state index is 12.6. The van der Waals surface area contributed by atoms with Crippen LogP contribution in [0.1, 0.15) is 30.3 Å². The summed E-state index contributed by atoms with van der Waals surface area (Å²) in [6, 6.07) is 9.48. The predicted molar refractivity (Wildman–Crippen MR) is 85.4 cm³/mol. The van der Waals surface area contributed by atoms with E-state index in [0.29, 0.717) is 25.5 Å². The second kappa shape index (κ2) is 5.65. The van der Waals surface area contributed by atoms with Crippen molar-refractivity contribution in [1.82, 2.24) is 4.90 Å². The van der Waals surface area contributed by atoms with Gasteiger partial charge in [-0.2, -0.15) is 0 Å². The van der Waals surface area contributed by atoms with Gasteiger partial charge in [0.1, 0.15) is 11.2 Å². The zero-order chi connectivity index (χ0) is 15.9. The van der Waals surface area contributed by atoms with Gasteiger partial charge in [0.25, 0.3) is 5.91 Å². The number of rotatable bonds is 3. The maximum Gasteiger partial charge on any atom is 0.289 e. The van der Waals surface area contributed by atoms with Gasteiger partial charge in [0.2, 0.25) is 0 Å². The number of nitrogens with zero attached hydrogens (tertiary/aromatic N) is 1. The van der Waals surface area contributed by atoms with Crippen LogP contribution in [0.3, 0.4) is 0 Å². The number of likely N-dealkylation sites (tertiary alicyclic amines) is 1. The van der Waals surface area contributed by atoms with Crippen LogP contribution in [0, 0.1) is 0 Å². The molecule has 2 aliphatic rings. The van der Waals surface area contributed by atoms with Crippen molar-refractivity contribution >= 4 is 16.9 Å². The molecule has 0 N–H and O–H groups in total. The summed E-state index contributed by atoms with van der Waals surface area (Å²) in [4.78, 5) is 14.4. The number of amides is 1. The molecule has 1 unspecified atom stereocenters. The third kappa shape index (κ3) is 2.64. The molecular formula is C18H21NO4. The molecule has 1 amide bonds. The zero-order valence-corrected chi connectivity index (χ0v) is 13.3. The van der Waals surface area contributed by atoms with Crippen LogP contribution in [0.25, 0.3) is 11.0 Å². The molecule has 122 valence electrons. The maximum atomic E-state index is 12.6. The Morgan fingerprint density at radius 3 is 3.00 bits per heavy atom. The highest BCUT2D eigenvalue weighted by Gasteiger charge is 2.50. The second-order valence-electron chi connectivity index (χ2n) is 6.41. The van der Waals surface area contributed by atoms with E-state index in [1.807, 2.05) is 37.3 Å². The molecule has 1 aromatic heterocycles. The Hall–Kier alpha value is -1.85. The predicted octanol–water partition coefficient (Wildman–Crippen LogP) is 2.84. The summed E-state index contributed by atoms with van der Waals surface area (Å²) in [5.41, 5.74) is 0.524. The highest BCUT2D eigenvalue weighted by molar-refractivity contribution is 5.96. The van der Waals surface area contributed by atoms with Crippen LogP contribution < -0.4 is 0 Å². The minimum absolute atomic E-state index is 0.0611. The zero-order valence-electron chi connectivity index (χ0n) is 13.3. The first-order chi connectivity index (χ1) is 11.2. The van der Waals surface area contributed by atoms with Crippen molar-refractivity contribution in [2.24, 2.45) is 0 Å². The summed E-state index contributed by atoms with van der Waals surface area (Å²) in [7, 11) is 0. The second-order valence-corrected chi connectivity index (χ2v) is 6.41. The van der Waals surface area contributed by atoms with E-state index in [0.717, 1.165) is 30.4 Å². The molecule has 5 heteroatoms. The lowest BCUT2D eigenvalue weighted by Gasteiger charge is -2.52. The molecule has 1 aromatic carbocycles. The summed E-state index contributed by atoms with van der Waals surface area (Å²) < 4.78 is 17.3. The van der Waals surface area contributed by atoms with Gasteiger partial charge in [-0.05, 0) is 25.5 Å². The summed E-state index contributed by atoms with van der Waals surface area (Å²) >= 11 is 0. The molecule has 0 aliphatic carbocycles. The number of benzene rings is 1. The average Bonchev–Trinajstić information content (AvgIpc) is 2.96. The highest BCUT2D eigenvalue weighted by atomic mass is 16.5. The topological polar surface area (TPSA) is 51.9 Å². The summed E-state index contributed by atoms with van der Waals surface area (Å²) in [5.74, 6) is 0.340. The Kier molecular flexibility index (Phi) is 3.62. The fourth-order valence-electron chi connectivity index (χ4n) is 3.62. The fraction of sp³-hybridized carbons (Fsp3) is 0.500. The average molecular weight is 315 g/mol. The lowest BCUT2D eigenvalue weighted by atomic mass is 9.84. The number of fused-ring (bicyclic) bond motifs is 1. The molecule has 0 saturated carbocycles. The quantitative estimate of drug-likeness (QED) is 0.874. The van der Waals surface area contributed by atoms with Crippen LogP contribution in [0.5, 0.6) is 0 Å². The molecule has 2 fully saturated rings. The molecule has 0 bridgehead atoms. The van der Waals surface area contributed by atoms with Crippen molar-refractivity contribution in [2.75, 3.05) is 26.3 Å². The van der Waals surface area contributed by atoms with E-state index in [1.54, 1.807) is 4.90 Å². The van der Waals surface area contributed by atoms with Crippen LogP contribution in [0.4, 0.5) is 0 Å². The molecule has 1 spiro atoms. The van der Waals surface area contributed by atoms with Gasteiger partial charge in [0, 0.05) is 25.0 Å². The molecule has 2 saturated heterocycles. The van der Waals surface area contributed by atoms with Crippen LogP contribution >= 0.6 is 0 Å². The summed E-state index contributed by atoms with van der Waals surface area (Å²) in [6.45, 7) is 4.68. The number of carbonyl (C=O) groups is 1. The van der Waals surface area contributed by atoms with E-state index >= 15 is 0 Å². The van der Waals surface area contributed by atoms with Gasteiger partial charge in [-0.25, -0.2) is 0 Å². The van der Waals surface area contributed by atoms with Crippen molar-refractivity contribution in [3.63, 3.8) is 0 Å². The lowest BCUT2D eigenvalue weighted by Crippen LogP contribution is -2.67. The van der Waals surface area contributed by atoms with Gasteiger partial charge >= 0.3 is 0 Å². The van der Waals surface area contributed by atoms with Gasteiger partial charge < -0.3 is 18.8 Å². The summed E-state index contributed by atoms with van der Waals surface area (Å²) in [5, 5.41) is 0.955. The van der Waals surface area contributed by atoms with E-state index in [9.17, 15) is 4.79 Å². The first kappa shape index (κ1) is 14.7. The Balaban J connectivity index is 1.43. The first-order valence-electron chi connectivity index (χ1n) is 8.22. The number of ether oxygens (including phenoxy) is 2. The van der Waals surface area contributed by atoms with E-state index in [2.05, 4.69) is 0 Å². The number of furan rings is 1. The molecule has 1 atom stereocenters. The molecular weight excluding hydrogens is 294 g/mol. The molecule has 4 rings (SSSR count). The normalized spacial score (nSPS) is 23.2. The standard InChI is InChI=1S/C18H21NO4/c1-2-21-14-7-8-22-18(10-14)11-19(12-18)17(20)16-9-13-5-3-4-6-15(13)23-16/h3-6,9,14H,2,7-8,10-12H2,1H3. The molecule has 5 nitrogen and oxygen atoms in total. The van der Waals surface area contributed by atoms with Gasteiger partial charge in [-0.1, -0.05) is 18.2 Å². The Bertz CT molecular complexity index is 682. The highest BCUT2D eigenvalue weighted by Crippen LogP contribution is 2.36. The SMILES string of the molecule is CCOC1CCOC2(C1)CN(C(=O)c1cc3ccccc3o1)C2. The van der Waals surface area contributed by atoms with Gasteiger partial charge in [0.15, 0.2) is 5.76 Å². The van der Waals surface area contributed by atoms with E-state index in [4.69, 9.17) is 13.9 Å². The van der Waals surface area contributed by atoms with Crippen molar-refractivity contribution < 1.29 is 18.7 Å². The Labute approximate surface area is 135 Å². The molecule has 2 aromatic rings. The van der Waals surface area contributed by atoms with E-state index < -0.39 is 0 Å². The third-order valence-corrected chi connectivity index (χ3v) is 4.73. The molecule has 23 heavy (non-hydrogen) atoms. The van der Waals surface area contributed by atoms with Gasteiger partial charge in [-0.15, -0.1) is 0 Å². The lowest BCUT2D eigenvalue weighted by molar-refractivity contribution is -0.185. The number of hydrogen-bond donors (Lipinski definition) is 0. The van der Waals surface area contributed by atoms with Crippen molar-refractivity contribution in [3.05, 3.63) is 36.1 Å². The van der Waals surface area contributed by atoms with Crippen molar-refractivity contribution in [2.45, 2.75) is 31.5 Å². The van der Waals surface area contributed by atoms with Crippen LogP contribution in [-0.2, 0) is 9.47 Å². The Morgan fingerprint density at radius 1 is 1.39 bits per heavy atom. The smallest absolute Gasteiger partial charge is 0.289 e. The monoisotopic (exact) mass is 315 g/mol. The van der Waals surface area contributed by atoms with E-state index in [-0.39, 0.29) is 17.6 Å². The number of carbonyl (C=O) groups excluding carboxylic acids is 1. The minimum atomic E-state index is -0.222. The summed E-state index contributed by atoms with van der Waals surface area (Å²) in [6.07, 6.45) is 2.05. The van der Waals surface area contributed by atoms with Crippen molar-refractivity contribution in [3.8, 4) is 0 Å². The minimum Gasteiger partial charge on any atom is -0.451 e. The third-order valence-electron chi connectivity index (χ3n) is 4.73. The van der Waals surface area contributed by atoms with Gasteiger partial charge in [-0.3, -0.25) is 4.79 Å². The van der Waals surface area contributed by atoms with Crippen LogP contribution in [0.15, 0.2) is 34.7 Å². The molecule has 0 radical (unpaired) electrons. The van der Waals surface area contributed by atoms with Crippen LogP contribution in [-0.4, -0.2) is 48.8 Å². The molecule has 3 heterocycles. The van der Waals surface area contributed by atoms with Gasteiger partial charge in [0.05, 0.1) is 19.2 Å². The largest absolute Gasteiger partial charge is 0.451 e.